The van der Waals surface area contributed by atoms with E-state index in [-0.39, 0.29) is 5.82 Å². The predicted octanol–water partition coefficient (Wildman–Crippen LogP) is 2.96. The molecule has 1 aromatic carbocycles. The van der Waals surface area contributed by atoms with Crippen molar-refractivity contribution in [1.82, 2.24) is 14.2 Å². The molecule has 2 aromatic heterocycles. The molecule has 0 fully saturated rings. The van der Waals surface area contributed by atoms with Crippen LogP contribution >= 0.6 is 15.9 Å². The third kappa shape index (κ3) is 2.02. The average molecular weight is 319 g/mol. The molecule has 0 atom stereocenters. The molecule has 3 aromatic rings. The lowest BCUT2D eigenvalue weighted by atomic mass is 10.2. The number of aromatic nitrogens is 3. The first-order valence-electron chi connectivity index (χ1n) is 5.55. The van der Waals surface area contributed by atoms with Crippen LogP contribution < -0.4 is 0 Å². The van der Waals surface area contributed by atoms with Crippen LogP contribution in [0.4, 0.5) is 4.39 Å². The fraction of sp³-hybridized carbons (Fsp3) is 0.0769. The van der Waals surface area contributed by atoms with Crippen LogP contribution in [0.3, 0.4) is 0 Å². The number of fused-ring (bicyclic) bond motifs is 1. The lowest BCUT2D eigenvalue weighted by Gasteiger charge is -2.06. The van der Waals surface area contributed by atoms with Crippen molar-refractivity contribution in [1.29, 1.82) is 5.26 Å². The van der Waals surface area contributed by atoms with Crippen LogP contribution in [-0.4, -0.2) is 14.2 Å². The first-order valence-corrected chi connectivity index (χ1v) is 6.35. The fourth-order valence-electron chi connectivity index (χ4n) is 2.02. The highest BCUT2D eigenvalue weighted by Crippen LogP contribution is 2.19. The van der Waals surface area contributed by atoms with Gasteiger partial charge in [0, 0.05) is 22.4 Å². The van der Waals surface area contributed by atoms with Gasteiger partial charge < -0.3 is 4.57 Å². The van der Waals surface area contributed by atoms with Gasteiger partial charge >= 0.3 is 0 Å². The summed E-state index contributed by atoms with van der Waals surface area (Å²) in [6.07, 6.45) is 5.03. The Bertz CT molecular complexity index is 797. The summed E-state index contributed by atoms with van der Waals surface area (Å²) in [7, 11) is 0. The van der Waals surface area contributed by atoms with Crippen LogP contribution in [0.15, 0.2) is 41.3 Å². The van der Waals surface area contributed by atoms with Gasteiger partial charge in [0.25, 0.3) is 0 Å². The van der Waals surface area contributed by atoms with E-state index in [9.17, 15) is 4.39 Å². The lowest BCUT2D eigenvalue weighted by Crippen LogP contribution is -2.01. The lowest BCUT2D eigenvalue weighted by molar-refractivity contribution is 0.601. The summed E-state index contributed by atoms with van der Waals surface area (Å²) in [4.78, 5) is 0. The number of hydrogen-bond donors (Lipinski definition) is 0. The molecule has 0 unspecified atom stereocenters. The third-order valence-electron chi connectivity index (χ3n) is 2.90. The van der Waals surface area contributed by atoms with Crippen molar-refractivity contribution in [2.75, 3.05) is 0 Å². The minimum Gasteiger partial charge on any atom is -0.326 e. The molecule has 0 aliphatic heterocycles. The van der Waals surface area contributed by atoms with Gasteiger partial charge in [0.15, 0.2) is 5.65 Å². The van der Waals surface area contributed by atoms with Crippen LogP contribution in [0.5, 0.6) is 0 Å². The highest BCUT2D eigenvalue weighted by atomic mass is 79.9. The van der Waals surface area contributed by atoms with Gasteiger partial charge in [-0.1, -0.05) is 15.9 Å². The molecule has 0 radical (unpaired) electrons. The zero-order valence-corrected chi connectivity index (χ0v) is 11.3. The van der Waals surface area contributed by atoms with E-state index in [0.29, 0.717) is 23.3 Å². The molecule has 3 rings (SSSR count). The number of rotatable bonds is 2. The molecule has 0 N–H and O–H groups in total. The Hall–Kier alpha value is -2.13. The molecular weight excluding hydrogens is 311 g/mol. The summed E-state index contributed by atoms with van der Waals surface area (Å²) >= 11 is 3.32. The summed E-state index contributed by atoms with van der Waals surface area (Å²) in [5, 5.41) is 13.1. The number of benzene rings is 1. The van der Waals surface area contributed by atoms with Crippen LogP contribution in [0.2, 0.25) is 0 Å². The maximum atomic E-state index is 13.7. The zero-order valence-electron chi connectivity index (χ0n) is 9.72. The number of nitrogens with zero attached hydrogens (tertiary/aromatic N) is 4. The van der Waals surface area contributed by atoms with E-state index in [1.165, 1.54) is 12.3 Å². The number of halogens is 2. The SMILES string of the molecule is N#Cc1cnn2ccn(Cc3cc(Br)ccc3F)c12. The quantitative estimate of drug-likeness (QED) is 0.729. The normalized spacial score (nSPS) is 10.8. The number of nitriles is 1. The molecule has 0 spiro atoms. The molecule has 4 nitrogen and oxygen atoms in total. The Kier molecular flexibility index (Phi) is 2.84. The molecule has 19 heavy (non-hydrogen) atoms. The second-order valence-corrected chi connectivity index (χ2v) is 5.02. The number of hydrogen-bond acceptors (Lipinski definition) is 2. The van der Waals surface area contributed by atoms with Crippen molar-refractivity contribution in [3.8, 4) is 6.07 Å². The minimum absolute atomic E-state index is 0.270. The van der Waals surface area contributed by atoms with Crippen LogP contribution in [-0.2, 0) is 6.54 Å². The Labute approximate surface area is 116 Å². The van der Waals surface area contributed by atoms with Crippen LogP contribution in [0.1, 0.15) is 11.1 Å². The molecule has 94 valence electrons. The Balaban J connectivity index is 2.08. The fourth-order valence-corrected chi connectivity index (χ4v) is 2.43. The first-order chi connectivity index (χ1) is 9.19. The van der Waals surface area contributed by atoms with E-state index in [0.717, 1.165) is 4.47 Å². The van der Waals surface area contributed by atoms with Crippen molar-refractivity contribution in [3.05, 3.63) is 58.2 Å². The van der Waals surface area contributed by atoms with Gasteiger partial charge in [-0.25, -0.2) is 8.91 Å². The molecule has 0 aliphatic carbocycles. The Morgan fingerprint density at radius 1 is 1.37 bits per heavy atom. The van der Waals surface area contributed by atoms with Crippen molar-refractivity contribution >= 4 is 21.6 Å². The summed E-state index contributed by atoms with van der Waals surface area (Å²) in [6, 6.07) is 6.89. The average Bonchev–Trinajstić information content (AvgIpc) is 2.96. The Morgan fingerprint density at radius 2 is 2.21 bits per heavy atom. The maximum Gasteiger partial charge on any atom is 0.154 e. The van der Waals surface area contributed by atoms with Crippen LogP contribution in [0, 0.1) is 17.1 Å². The highest BCUT2D eigenvalue weighted by Gasteiger charge is 2.11. The monoisotopic (exact) mass is 318 g/mol. The van der Waals surface area contributed by atoms with E-state index in [2.05, 4.69) is 27.1 Å². The number of imidazole rings is 1. The van der Waals surface area contributed by atoms with Gasteiger partial charge in [0.1, 0.15) is 17.4 Å². The van der Waals surface area contributed by atoms with Crippen molar-refractivity contribution in [2.45, 2.75) is 6.54 Å². The topological polar surface area (TPSA) is 46.0 Å². The molecule has 2 heterocycles. The summed E-state index contributed by atoms with van der Waals surface area (Å²) in [5.41, 5.74) is 1.69. The van der Waals surface area contributed by atoms with E-state index in [1.54, 1.807) is 33.6 Å². The van der Waals surface area contributed by atoms with Crippen LogP contribution in [0.25, 0.3) is 5.65 Å². The third-order valence-corrected chi connectivity index (χ3v) is 3.39. The van der Waals surface area contributed by atoms with Gasteiger partial charge in [-0.3, -0.25) is 0 Å². The van der Waals surface area contributed by atoms with Gasteiger partial charge in [0.2, 0.25) is 0 Å². The molecule has 0 saturated heterocycles. The smallest absolute Gasteiger partial charge is 0.154 e. The van der Waals surface area contributed by atoms with E-state index in [4.69, 9.17) is 5.26 Å². The summed E-state index contributed by atoms with van der Waals surface area (Å²) < 4.78 is 18.0. The maximum absolute atomic E-state index is 13.7. The molecule has 0 bridgehead atoms. The Morgan fingerprint density at radius 3 is 3.00 bits per heavy atom. The predicted molar refractivity (Wildman–Crippen MR) is 71.1 cm³/mol. The summed E-state index contributed by atoms with van der Waals surface area (Å²) in [5.74, 6) is -0.270. The summed E-state index contributed by atoms with van der Waals surface area (Å²) in [6.45, 7) is 0.349. The van der Waals surface area contributed by atoms with E-state index >= 15 is 0 Å². The zero-order chi connectivity index (χ0) is 13.4. The molecule has 0 saturated carbocycles. The van der Waals surface area contributed by atoms with Gasteiger partial charge in [-0.2, -0.15) is 10.4 Å². The second-order valence-electron chi connectivity index (χ2n) is 4.10. The largest absolute Gasteiger partial charge is 0.326 e. The van der Waals surface area contributed by atoms with E-state index in [1.807, 2.05) is 0 Å². The second kappa shape index (κ2) is 4.52. The minimum atomic E-state index is -0.270. The van der Waals surface area contributed by atoms with Crippen molar-refractivity contribution in [2.24, 2.45) is 0 Å². The van der Waals surface area contributed by atoms with Gasteiger partial charge in [0.05, 0.1) is 12.7 Å². The highest BCUT2D eigenvalue weighted by molar-refractivity contribution is 9.10. The van der Waals surface area contributed by atoms with Gasteiger partial charge in [-0.15, -0.1) is 0 Å². The van der Waals surface area contributed by atoms with E-state index < -0.39 is 0 Å². The van der Waals surface area contributed by atoms with Crippen molar-refractivity contribution in [3.63, 3.8) is 0 Å². The molecule has 6 heteroatoms. The molecule has 0 amide bonds. The first kappa shape index (κ1) is 11.9. The standard InChI is InChI=1S/C13H8BrFN4/c14-11-1-2-12(15)9(5-11)8-18-3-4-19-13(18)10(6-16)7-17-19/h1-5,7H,8H2. The molecular formula is C13H8BrFN4. The van der Waals surface area contributed by atoms with Crippen molar-refractivity contribution < 1.29 is 4.39 Å². The van der Waals surface area contributed by atoms with Gasteiger partial charge in [-0.05, 0) is 18.2 Å². The molecule has 0 aliphatic rings.